The van der Waals surface area contributed by atoms with Gasteiger partial charge in [-0.25, -0.2) is 13.4 Å². The lowest BCUT2D eigenvalue weighted by molar-refractivity contribution is 0.0749. The lowest BCUT2D eigenvalue weighted by atomic mass is 10.1. The van der Waals surface area contributed by atoms with Gasteiger partial charge in [-0.15, -0.1) is 0 Å². The number of rotatable bonds is 1. The average Bonchev–Trinajstić information content (AvgIpc) is 2.93. The van der Waals surface area contributed by atoms with Crippen LogP contribution in [0.3, 0.4) is 0 Å². The highest BCUT2D eigenvalue weighted by atomic mass is 32.2. The van der Waals surface area contributed by atoms with Crippen molar-refractivity contribution in [2.75, 3.05) is 20.1 Å². The first-order valence-electron chi connectivity index (χ1n) is 8.77. The van der Waals surface area contributed by atoms with Crippen molar-refractivity contribution in [3.63, 3.8) is 0 Å². The molecule has 1 fully saturated rings. The minimum Gasteiger partial charge on any atom is -0.487 e. The van der Waals surface area contributed by atoms with Crippen LogP contribution in [0.4, 0.5) is 0 Å². The van der Waals surface area contributed by atoms with E-state index in [1.54, 1.807) is 36.2 Å². The number of benzene rings is 1. The van der Waals surface area contributed by atoms with Crippen molar-refractivity contribution < 1.29 is 17.9 Å². The molecule has 0 bridgehead atoms. The zero-order valence-electron chi connectivity index (χ0n) is 14.9. The molecule has 0 N–H and O–H groups in total. The minimum atomic E-state index is -3.65. The quantitative estimate of drug-likeness (QED) is 0.728. The highest BCUT2D eigenvalue weighted by Crippen LogP contribution is 2.35. The number of hydrogen-bond donors (Lipinski definition) is 0. The molecular weight excluding hydrogens is 368 g/mol. The Kier molecular flexibility index (Phi) is 4.56. The minimum absolute atomic E-state index is 0.188. The van der Waals surface area contributed by atoms with Crippen LogP contribution < -0.4 is 4.74 Å². The third-order valence-electron chi connectivity index (χ3n) is 5.13. The molecule has 0 spiro atoms. The van der Waals surface area contributed by atoms with E-state index in [0.29, 0.717) is 31.7 Å². The molecule has 142 valence electrons. The predicted octanol–water partition coefficient (Wildman–Crippen LogP) is 1.16. The van der Waals surface area contributed by atoms with Crippen molar-refractivity contribution in [2.24, 2.45) is 0 Å². The Balaban J connectivity index is 1.62. The van der Waals surface area contributed by atoms with Crippen LogP contribution in [0, 0.1) is 0 Å². The molecule has 1 aromatic heterocycles. The second-order valence-corrected chi connectivity index (χ2v) is 8.62. The van der Waals surface area contributed by atoms with E-state index in [1.807, 2.05) is 0 Å². The summed E-state index contributed by atoms with van der Waals surface area (Å²) in [7, 11) is -2.07. The van der Waals surface area contributed by atoms with E-state index in [0.717, 1.165) is 0 Å². The van der Waals surface area contributed by atoms with E-state index in [4.69, 9.17) is 4.74 Å². The molecule has 2 atom stereocenters. The second kappa shape index (κ2) is 6.90. The fourth-order valence-corrected chi connectivity index (χ4v) is 5.18. The SMILES string of the molecule is CN1[C@@H]2CCN(C(=O)c3cnccn3)CC[C@H]2Oc2ccccc2S1(=O)=O. The average molecular weight is 388 g/mol. The van der Waals surface area contributed by atoms with Gasteiger partial charge >= 0.3 is 0 Å². The number of ether oxygens (including phenoxy) is 1. The number of para-hydroxylation sites is 1. The van der Waals surface area contributed by atoms with E-state index in [2.05, 4.69) is 9.97 Å². The summed E-state index contributed by atoms with van der Waals surface area (Å²) < 4.78 is 33.4. The van der Waals surface area contributed by atoms with E-state index in [9.17, 15) is 13.2 Å². The molecule has 2 aliphatic heterocycles. The van der Waals surface area contributed by atoms with Crippen molar-refractivity contribution in [3.8, 4) is 5.75 Å². The smallest absolute Gasteiger partial charge is 0.274 e. The number of likely N-dealkylation sites (N-methyl/N-ethyl adjacent to an activating group) is 1. The third-order valence-corrected chi connectivity index (χ3v) is 7.05. The maximum Gasteiger partial charge on any atom is 0.274 e. The number of carbonyl (C=O) groups is 1. The van der Waals surface area contributed by atoms with Gasteiger partial charge in [0, 0.05) is 39.0 Å². The third kappa shape index (κ3) is 3.17. The molecule has 1 saturated heterocycles. The first-order valence-corrected chi connectivity index (χ1v) is 10.2. The van der Waals surface area contributed by atoms with E-state index < -0.39 is 10.0 Å². The molecule has 0 unspecified atom stereocenters. The Bertz CT molecular complexity index is 951. The summed E-state index contributed by atoms with van der Waals surface area (Å²) in [5.74, 6) is 0.163. The Morgan fingerprint density at radius 1 is 1.19 bits per heavy atom. The first kappa shape index (κ1) is 17.9. The topological polar surface area (TPSA) is 92.7 Å². The lowest BCUT2D eigenvalue weighted by Crippen LogP contribution is -2.44. The van der Waals surface area contributed by atoms with Crippen LogP contribution in [0.1, 0.15) is 23.3 Å². The zero-order valence-corrected chi connectivity index (χ0v) is 15.7. The maximum atomic E-state index is 13.0. The summed E-state index contributed by atoms with van der Waals surface area (Å²) in [5, 5.41) is 0. The van der Waals surface area contributed by atoms with Gasteiger partial charge in [-0.1, -0.05) is 12.1 Å². The summed E-state index contributed by atoms with van der Waals surface area (Å²) in [4.78, 5) is 22.6. The summed E-state index contributed by atoms with van der Waals surface area (Å²) in [6, 6.07) is 6.35. The van der Waals surface area contributed by atoms with Crippen LogP contribution in [0.5, 0.6) is 5.75 Å². The van der Waals surface area contributed by atoms with Gasteiger partial charge in [0.2, 0.25) is 10.0 Å². The van der Waals surface area contributed by atoms with Crippen molar-refractivity contribution >= 4 is 15.9 Å². The molecule has 0 saturated carbocycles. The van der Waals surface area contributed by atoms with Crippen LogP contribution in [0.15, 0.2) is 47.8 Å². The lowest BCUT2D eigenvalue weighted by Gasteiger charge is -2.28. The number of fused-ring (bicyclic) bond motifs is 2. The number of aromatic nitrogens is 2. The molecule has 3 heterocycles. The molecule has 4 rings (SSSR count). The number of likely N-dealkylation sites (tertiary alicyclic amines) is 1. The normalized spacial score (nSPS) is 24.7. The summed E-state index contributed by atoms with van der Waals surface area (Å²) >= 11 is 0. The van der Waals surface area contributed by atoms with Crippen LogP contribution in [-0.4, -0.2) is 65.8 Å². The Morgan fingerprint density at radius 2 is 1.96 bits per heavy atom. The monoisotopic (exact) mass is 388 g/mol. The highest BCUT2D eigenvalue weighted by molar-refractivity contribution is 7.89. The largest absolute Gasteiger partial charge is 0.487 e. The summed E-state index contributed by atoms with van der Waals surface area (Å²) in [5.41, 5.74) is 0.284. The Morgan fingerprint density at radius 3 is 2.74 bits per heavy atom. The maximum absolute atomic E-state index is 13.0. The molecule has 2 aliphatic rings. The molecule has 2 aromatic rings. The number of nitrogens with zero attached hydrogens (tertiary/aromatic N) is 4. The van der Waals surface area contributed by atoms with Crippen LogP contribution in [-0.2, 0) is 10.0 Å². The number of amides is 1. The molecule has 0 radical (unpaired) electrons. The van der Waals surface area contributed by atoms with Crippen LogP contribution >= 0.6 is 0 Å². The van der Waals surface area contributed by atoms with Gasteiger partial charge < -0.3 is 9.64 Å². The molecule has 1 aromatic carbocycles. The molecule has 9 heteroatoms. The van der Waals surface area contributed by atoms with Gasteiger partial charge in [-0.2, -0.15) is 4.31 Å². The second-order valence-electron chi connectivity index (χ2n) is 6.65. The van der Waals surface area contributed by atoms with Gasteiger partial charge in [0.25, 0.3) is 5.91 Å². The predicted molar refractivity (Wildman–Crippen MR) is 96.8 cm³/mol. The summed E-state index contributed by atoms with van der Waals surface area (Å²) in [6.45, 7) is 0.892. The van der Waals surface area contributed by atoms with Gasteiger partial charge in [0.1, 0.15) is 22.4 Å². The fraction of sp³-hybridized carbons (Fsp3) is 0.389. The first-order chi connectivity index (χ1) is 13.0. The Hall–Kier alpha value is -2.52. The van der Waals surface area contributed by atoms with Crippen LogP contribution in [0.2, 0.25) is 0 Å². The van der Waals surface area contributed by atoms with Gasteiger partial charge in [-0.05, 0) is 18.6 Å². The molecule has 8 nitrogen and oxygen atoms in total. The summed E-state index contributed by atoms with van der Waals surface area (Å²) in [6.07, 6.45) is 5.13. The number of sulfonamides is 1. The van der Waals surface area contributed by atoms with E-state index in [-0.39, 0.29) is 28.6 Å². The zero-order chi connectivity index (χ0) is 19.0. The van der Waals surface area contributed by atoms with Gasteiger partial charge in [0.15, 0.2) is 0 Å². The van der Waals surface area contributed by atoms with Crippen molar-refractivity contribution in [1.29, 1.82) is 0 Å². The number of hydrogen-bond acceptors (Lipinski definition) is 6. The molecular formula is C18H20N4O4S. The van der Waals surface area contributed by atoms with E-state index >= 15 is 0 Å². The van der Waals surface area contributed by atoms with Crippen molar-refractivity contribution in [1.82, 2.24) is 19.2 Å². The van der Waals surface area contributed by atoms with Crippen LogP contribution in [0.25, 0.3) is 0 Å². The molecule has 0 aliphatic carbocycles. The Labute approximate surface area is 157 Å². The van der Waals surface area contributed by atoms with E-state index in [1.165, 1.54) is 22.9 Å². The molecule has 27 heavy (non-hydrogen) atoms. The highest BCUT2D eigenvalue weighted by Gasteiger charge is 2.41. The van der Waals surface area contributed by atoms with Gasteiger partial charge in [-0.3, -0.25) is 9.78 Å². The van der Waals surface area contributed by atoms with Gasteiger partial charge in [0.05, 0.1) is 12.2 Å². The standard InChI is InChI=1S/C18H20N4O4S/c1-21-14-6-10-22(18(23)13-12-19-8-9-20-13)11-7-15(14)26-16-4-2-3-5-17(16)27(21,24)25/h2-5,8-9,12,14-15H,6-7,10-11H2,1H3/t14-,15-/m1/s1. The number of carbonyl (C=O) groups excluding carboxylic acids is 1. The van der Waals surface area contributed by atoms with Crippen molar-refractivity contribution in [3.05, 3.63) is 48.5 Å². The molecule has 1 amide bonds. The van der Waals surface area contributed by atoms with Crippen molar-refractivity contribution in [2.45, 2.75) is 29.9 Å². The fourth-order valence-electron chi connectivity index (χ4n) is 3.65.